The highest BCUT2D eigenvalue weighted by Crippen LogP contribution is 2.36. The summed E-state index contributed by atoms with van der Waals surface area (Å²) in [7, 11) is 0. The van der Waals surface area contributed by atoms with E-state index < -0.39 is 0 Å². The van der Waals surface area contributed by atoms with Gasteiger partial charge in [-0.15, -0.1) is 5.92 Å². The largest absolute Gasteiger partial charge is 0.362 e. The van der Waals surface area contributed by atoms with Crippen LogP contribution in [-0.4, -0.2) is 0 Å². The Balaban J connectivity index is 1.41. The molecule has 39 heavy (non-hydrogen) atoms. The van der Waals surface area contributed by atoms with Crippen molar-refractivity contribution in [2.45, 2.75) is 39.5 Å². The van der Waals surface area contributed by atoms with Crippen molar-refractivity contribution in [1.29, 1.82) is 0 Å². The summed E-state index contributed by atoms with van der Waals surface area (Å²) in [6.07, 6.45) is 31.8. The third-order valence-corrected chi connectivity index (χ3v) is 6.72. The molecule has 2 aliphatic carbocycles. The fourth-order valence-electron chi connectivity index (χ4n) is 4.70. The number of benzene rings is 2. The van der Waals surface area contributed by atoms with Gasteiger partial charge < -0.3 is 5.32 Å². The van der Waals surface area contributed by atoms with E-state index in [0.717, 1.165) is 31.4 Å². The van der Waals surface area contributed by atoms with E-state index in [0.29, 0.717) is 0 Å². The maximum Gasteiger partial charge on any atom is 0.0376 e. The van der Waals surface area contributed by atoms with Crippen molar-refractivity contribution in [1.82, 2.24) is 5.32 Å². The molecule has 0 bridgehead atoms. The van der Waals surface area contributed by atoms with Crippen molar-refractivity contribution in [2.75, 3.05) is 0 Å². The number of allylic oxidation sites excluding steroid dienone is 16. The van der Waals surface area contributed by atoms with E-state index >= 15 is 0 Å². The second kappa shape index (κ2) is 15.0. The molecule has 0 heterocycles. The van der Waals surface area contributed by atoms with Crippen LogP contribution in [0.5, 0.6) is 0 Å². The van der Waals surface area contributed by atoms with Crippen molar-refractivity contribution >= 4 is 5.57 Å². The monoisotopic (exact) mass is 507 g/mol. The number of aryl methyl sites for hydroxylation is 1. The average molecular weight is 508 g/mol. The highest BCUT2D eigenvalue weighted by Gasteiger charge is 2.19. The minimum atomic E-state index is 0.868. The van der Waals surface area contributed by atoms with E-state index in [1.807, 2.05) is 19.2 Å². The van der Waals surface area contributed by atoms with Crippen LogP contribution in [0.1, 0.15) is 43.4 Å². The molecule has 0 aromatic heterocycles. The maximum absolute atomic E-state index is 3.44. The molecule has 0 spiro atoms. The molecular weight excluding hydrogens is 470 g/mol. The van der Waals surface area contributed by atoms with Crippen molar-refractivity contribution in [2.24, 2.45) is 0 Å². The van der Waals surface area contributed by atoms with E-state index in [9.17, 15) is 0 Å². The SMILES string of the molecule is CC#C/C=C(\C=C/CCc1ccccc1)C1=CC=C(N/C=C/C=C2/Cc3ccccc3/C2=C/C=C\C)C=CC1. The first-order valence-electron chi connectivity index (χ1n) is 13.7. The van der Waals surface area contributed by atoms with Crippen LogP contribution in [-0.2, 0) is 12.8 Å². The molecule has 0 unspecified atom stereocenters. The highest BCUT2D eigenvalue weighted by atomic mass is 14.8. The predicted octanol–water partition coefficient (Wildman–Crippen LogP) is 9.14. The van der Waals surface area contributed by atoms with Crippen LogP contribution in [0.25, 0.3) is 5.57 Å². The van der Waals surface area contributed by atoms with Gasteiger partial charge in [-0.25, -0.2) is 0 Å². The Morgan fingerprint density at radius 1 is 0.974 bits per heavy atom. The van der Waals surface area contributed by atoms with Gasteiger partial charge in [0.25, 0.3) is 0 Å². The lowest BCUT2D eigenvalue weighted by molar-refractivity contribution is 1.000. The van der Waals surface area contributed by atoms with E-state index in [2.05, 4.69) is 146 Å². The smallest absolute Gasteiger partial charge is 0.0376 e. The van der Waals surface area contributed by atoms with Gasteiger partial charge in [-0.3, -0.25) is 0 Å². The first-order chi connectivity index (χ1) is 19.3. The quantitative estimate of drug-likeness (QED) is 0.264. The lowest BCUT2D eigenvalue weighted by atomic mass is 10.0. The van der Waals surface area contributed by atoms with Crippen LogP contribution in [0.4, 0.5) is 0 Å². The van der Waals surface area contributed by atoms with E-state index in [4.69, 9.17) is 0 Å². The molecule has 1 N–H and O–H groups in total. The summed E-state index contributed by atoms with van der Waals surface area (Å²) in [5.74, 6) is 6.14. The second-order valence-corrected chi connectivity index (χ2v) is 9.48. The maximum atomic E-state index is 3.44. The molecular formula is C38H37N. The van der Waals surface area contributed by atoms with Crippen molar-refractivity contribution in [3.05, 3.63) is 173 Å². The number of nitrogens with one attached hydrogen (secondary N) is 1. The molecule has 0 aliphatic heterocycles. The third kappa shape index (κ3) is 8.22. The van der Waals surface area contributed by atoms with Crippen LogP contribution in [0.2, 0.25) is 0 Å². The fourth-order valence-corrected chi connectivity index (χ4v) is 4.70. The van der Waals surface area contributed by atoms with Crippen molar-refractivity contribution in [3.63, 3.8) is 0 Å². The van der Waals surface area contributed by atoms with E-state index in [1.165, 1.54) is 39.0 Å². The van der Waals surface area contributed by atoms with Gasteiger partial charge >= 0.3 is 0 Å². The molecule has 0 atom stereocenters. The summed E-state index contributed by atoms with van der Waals surface area (Å²) in [6, 6.07) is 19.3. The molecule has 1 nitrogen and oxygen atoms in total. The fraction of sp³-hybridized carbons (Fsp3) is 0.158. The van der Waals surface area contributed by atoms with Crippen LogP contribution in [0.3, 0.4) is 0 Å². The number of hydrogen-bond donors (Lipinski definition) is 1. The Morgan fingerprint density at radius 2 is 1.82 bits per heavy atom. The van der Waals surface area contributed by atoms with Gasteiger partial charge in [-0.1, -0.05) is 109 Å². The molecule has 0 saturated heterocycles. The highest BCUT2D eigenvalue weighted by molar-refractivity contribution is 5.87. The second-order valence-electron chi connectivity index (χ2n) is 9.48. The molecule has 2 aromatic rings. The average Bonchev–Trinajstić information content (AvgIpc) is 3.14. The Bertz CT molecular complexity index is 1470. The van der Waals surface area contributed by atoms with Crippen LogP contribution in [0, 0.1) is 11.8 Å². The Hall–Kier alpha value is -4.54. The molecule has 1 heteroatoms. The van der Waals surface area contributed by atoms with Gasteiger partial charge in [0.2, 0.25) is 0 Å². The summed E-state index contributed by atoms with van der Waals surface area (Å²) < 4.78 is 0. The zero-order valence-corrected chi connectivity index (χ0v) is 23.0. The summed E-state index contributed by atoms with van der Waals surface area (Å²) >= 11 is 0. The first kappa shape index (κ1) is 27.5. The molecule has 0 fully saturated rings. The third-order valence-electron chi connectivity index (χ3n) is 6.72. The van der Waals surface area contributed by atoms with Crippen molar-refractivity contribution in [3.8, 4) is 11.8 Å². The van der Waals surface area contributed by atoms with E-state index in [-0.39, 0.29) is 0 Å². The summed E-state index contributed by atoms with van der Waals surface area (Å²) in [6.45, 7) is 3.93. The molecule has 0 saturated carbocycles. The summed E-state index contributed by atoms with van der Waals surface area (Å²) in [4.78, 5) is 0. The normalized spacial score (nSPS) is 17.4. The minimum absolute atomic E-state index is 0.868. The predicted molar refractivity (Wildman–Crippen MR) is 169 cm³/mol. The topological polar surface area (TPSA) is 12.0 Å². The molecule has 0 amide bonds. The zero-order chi connectivity index (χ0) is 27.1. The Morgan fingerprint density at radius 3 is 2.67 bits per heavy atom. The molecule has 194 valence electrons. The summed E-state index contributed by atoms with van der Waals surface area (Å²) in [5.41, 5.74) is 10.2. The van der Waals surface area contributed by atoms with Crippen LogP contribution < -0.4 is 5.32 Å². The Labute approximate surface area is 234 Å². The summed E-state index contributed by atoms with van der Waals surface area (Å²) in [5, 5.41) is 3.44. The van der Waals surface area contributed by atoms with Crippen LogP contribution in [0.15, 0.2) is 156 Å². The molecule has 2 aliphatic rings. The number of rotatable bonds is 9. The van der Waals surface area contributed by atoms with E-state index in [1.54, 1.807) is 0 Å². The number of fused-ring (bicyclic) bond motifs is 1. The van der Waals surface area contributed by atoms with Crippen LogP contribution >= 0.6 is 0 Å². The van der Waals surface area contributed by atoms with Gasteiger partial charge in [0, 0.05) is 11.9 Å². The minimum Gasteiger partial charge on any atom is -0.362 e. The van der Waals surface area contributed by atoms with Gasteiger partial charge in [0.15, 0.2) is 0 Å². The van der Waals surface area contributed by atoms with Crippen molar-refractivity contribution < 1.29 is 0 Å². The number of hydrogen-bond acceptors (Lipinski definition) is 1. The molecule has 2 aromatic carbocycles. The molecule has 0 radical (unpaired) electrons. The first-order valence-corrected chi connectivity index (χ1v) is 13.7. The standard InChI is InChI=1S/C38H37N/c1-3-5-19-32(20-11-10-18-31-16-8-7-9-17-31)33-22-14-24-36(28-27-33)39-29-15-23-35-30-34-21-12-13-26-38(34)37(35)25-6-4-2/h4,6-9,11-17,19-21,23-29,39H,10,18,22,30H2,1-2H3/b6-4-,20-11-,29-15+,32-19+,35-23-,37-25+. The van der Waals surface area contributed by atoms with Gasteiger partial charge in [-0.05, 0) is 103 Å². The van der Waals surface area contributed by atoms with Gasteiger partial charge in [-0.2, -0.15) is 0 Å². The lowest BCUT2D eigenvalue weighted by Crippen LogP contribution is -2.01. The lowest BCUT2D eigenvalue weighted by Gasteiger charge is -2.04. The molecule has 4 rings (SSSR count). The van der Waals surface area contributed by atoms with Gasteiger partial charge in [0.1, 0.15) is 0 Å². The zero-order valence-electron chi connectivity index (χ0n) is 23.0. The van der Waals surface area contributed by atoms with Gasteiger partial charge in [0.05, 0.1) is 0 Å². The Kier molecular flexibility index (Phi) is 10.6.